The molecule has 0 bridgehead atoms. The Bertz CT molecular complexity index is 1780. The number of benzene rings is 1. The predicted octanol–water partition coefficient (Wildman–Crippen LogP) is 4.28. The first-order valence-corrected chi connectivity index (χ1v) is 15.6. The number of pyridine rings is 1. The van der Waals surface area contributed by atoms with Crippen molar-refractivity contribution >= 4 is 50.0 Å². The monoisotopic (exact) mass is 596 g/mol. The van der Waals surface area contributed by atoms with Gasteiger partial charge >= 0.3 is 0 Å². The lowest BCUT2D eigenvalue weighted by atomic mass is 10.1. The number of anilines is 4. The molecule has 2 N–H and O–H groups in total. The van der Waals surface area contributed by atoms with Gasteiger partial charge in [0.25, 0.3) is 0 Å². The highest BCUT2D eigenvalue weighted by atomic mass is 32.2. The fourth-order valence-corrected chi connectivity index (χ4v) is 5.78. The van der Waals surface area contributed by atoms with E-state index in [1.807, 2.05) is 29.2 Å². The number of ether oxygens (including phenoxy) is 1. The van der Waals surface area contributed by atoms with Gasteiger partial charge in [0.05, 0.1) is 47.5 Å². The maximum absolute atomic E-state index is 13.7. The number of nitrogens with one attached hydrogen (secondary N) is 2. The summed E-state index contributed by atoms with van der Waals surface area (Å²) >= 11 is 0. The summed E-state index contributed by atoms with van der Waals surface area (Å²) in [6.07, 6.45) is 6.05. The standard InChI is InChI=1S/C28H33FN8O4S/c1-16-31-26-21(32-20-9-8-17(23-14-30-15-35(23)2)11-22(20)36(3)42(4,39)40)13-24(34-28(38)18-12-19(18)29)33-27(26)37(16)25-7-5-6-10-41-25/h8-9,11,13-15,18-19,25H,5-7,10,12H2,1-4H3,(H2,32,33,34,38)/t18-,19+,25?/m1/s1. The molecule has 3 aromatic heterocycles. The highest BCUT2D eigenvalue weighted by Gasteiger charge is 2.44. The maximum Gasteiger partial charge on any atom is 0.232 e. The van der Waals surface area contributed by atoms with Crippen LogP contribution in [0.25, 0.3) is 22.4 Å². The number of nitrogens with zero attached hydrogens (tertiary/aromatic N) is 6. The quantitative estimate of drug-likeness (QED) is 0.308. The first-order valence-electron chi connectivity index (χ1n) is 13.8. The summed E-state index contributed by atoms with van der Waals surface area (Å²) in [7, 11) is -0.282. The van der Waals surface area contributed by atoms with E-state index in [-0.39, 0.29) is 18.5 Å². The molecule has 12 nitrogen and oxygen atoms in total. The molecule has 2 aliphatic rings. The van der Waals surface area contributed by atoms with Crippen LogP contribution in [0.15, 0.2) is 36.8 Å². The second-order valence-corrected chi connectivity index (χ2v) is 12.9. The molecule has 14 heteroatoms. The van der Waals surface area contributed by atoms with Gasteiger partial charge in [0.1, 0.15) is 29.6 Å². The van der Waals surface area contributed by atoms with E-state index in [1.165, 1.54) is 11.4 Å². The molecule has 6 rings (SSSR count). The Balaban J connectivity index is 1.47. The molecule has 1 unspecified atom stereocenters. The van der Waals surface area contributed by atoms with Crippen molar-refractivity contribution < 1.29 is 22.3 Å². The van der Waals surface area contributed by atoms with Crippen LogP contribution in [-0.4, -0.2) is 64.5 Å². The van der Waals surface area contributed by atoms with Gasteiger partial charge in [0.2, 0.25) is 15.9 Å². The number of aryl methyl sites for hydroxylation is 2. The molecule has 2 fully saturated rings. The van der Waals surface area contributed by atoms with E-state index < -0.39 is 28.0 Å². The molecule has 0 spiro atoms. The van der Waals surface area contributed by atoms with Crippen LogP contribution in [0.1, 0.15) is 37.7 Å². The summed E-state index contributed by atoms with van der Waals surface area (Å²) in [5, 5.41) is 6.12. The number of amides is 1. The molecule has 4 aromatic rings. The number of carbonyl (C=O) groups excluding carboxylic acids is 1. The first-order chi connectivity index (χ1) is 20.0. The number of carbonyl (C=O) groups is 1. The molecule has 1 amide bonds. The molecule has 3 atom stereocenters. The Labute approximate surface area is 243 Å². The van der Waals surface area contributed by atoms with Crippen molar-refractivity contribution in [2.45, 2.75) is 45.0 Å². The third-order valence-corrected chi connectivity index (χ3v) is 8.98. The van der Waals surface area contributed by atoms with E-state index in [0.717, 1.165) is 36.8 Å². The molecule has 1 aromatic carbocycles. The lowest BCUT2D eigenvalue weighted by molar-refractivity contribution is -0.117. The molecular weight excluding hydrogens is 563 g/mol. The van der Waals surface area contributed by atoms with Crippen LogP contribution in [0.5, 0.6) is 0 Å². The maximum atomic E-state index is 13.7. The minimum absolute atomic E-state index is 0.191. The number of halogens is 1. The fraction of sp³-hybridized carbons (Fsp3) is 0.429. The summed E-state index contributed by atoms with van der Waals surface area (Å²) in [6, 6.07) is 7.06. The Hall–Kier alpha value is -4.04. The van der Waals surface area contributed by atoms with Crippen molar-refractivity contribution in [2.75, 3.05) is 34.8 Å². The SMILES string of the molecule is Cc1nc2c(Nc3ccc(-c4cncn4C)cc3N(C)S(C)(=O)=O)cc(NC(=O)[C@@H]3C[C@@H]3F)nc2n1C1CCCCO1. The summed E-state index contributed by atoms with van der Waals surface area (Å²) in [5.74, 6) is -0.214. The van der Waals surface area contributed by atoms with Gasteiger partial charge in [0.15, 0.2) is 5.65 Å². The van der Waals surface area contributed by atoms with E-state index in [2.05, 4.69) is 15.6 Å². The van der Waals surface area contributed by atoms with Crippen molar-refractivity contribution in [1.29, 1.82) is 0 Å². The van der Waals surface area contributed by atoms with Crippen LogP contribution >= 0.6 is 0 Å². The number of hydrogen-bond donors (Lipinski definition) is 2. The molecule has 1 saturated heterocycles. The van der Waals surface area contributed by atoms with Crippen LogP contribution < -0.4 is 14.9 Å². The van der Waals surface area contributed by atoms with E-state index in [9.17, 15) is 17.6 Å². The third kappa shape index (κ3) is 5.31. The van der Waals surface area contributed by atoms with Gasteiger partial charge in [-0.15, -0.1) is 0 Å². The minimum atomic E-state index is -3.63. The minimum Gasteiger partial charge on any atom is -0.358 e. The lowest BCUT2D eigenvalue weighted by Gasteiger charge is -2.25. The molecule has 1 saturated carbocycles. The van der Waals surface area contributed by atoms with Gasteiger partial charge in [-0.3, -0.25) is 13.7 Å². The van der Waals surface area contributed by atoms with Crippen molar-refractivity contribution in [3.63, 3.8) is 0 Å². The number of aromatic nitrogens is 5. The van der Waals surface area contributed by atoms with Crippen LogP contribution in [0, 0.1) is 12.8 Å². The lowest BCUT2D eigenvalue weighted by Crippen LogP contribution is -2.25. The number of sulfonamides is 1. The molecule has 1 aliphatic heterocycles. The Morgan fingerprint density at radius 3 is 2.62 bits per heavy atom. The molecule has 0 radical (unpaired) electrons. The fourth-order valence-electron chi connectivity index (χ4n) is 5.27. The summed E-state index contributed by atoms with van der Waals surface area (Å²) in [4.78, 5) is 26.4. The van der Waals surface area contributed by atoms with Crippen molar-refractivity contribution in [2.24, 2.45) is 13.0 Å². The molecule has 222 valence electrons. The average Bonchev–Trinajstić information content (AvgIpc) is 3.37. The van der Waals surface area contributed by atoms with Crippen molar-refractivity contribution in [3.8, 4) is 11.3 Å². The van der Waals surface area contributed by atoms with Crippen molar-refractivity contribution in [1.82, 2.24) is 24.1 Å². The topological polar surface area (TPSA) is 136 Å². The van der Waals surface area contributed by atoms with Gasteiger partial charge in [-0.25, -0.2) is 27.8 Å². The Morgan fingerprint density at radius 1 is 1.19 bits per heavy atom. The molecule has 4 heterocycles. The third-order valence-electron chi connectivity index (χ3n) is 7.79. The van der Waals surface area contributed by atoms with E-state index in [0.29, 0.717) is 40.7 Å². The van der Waals surface area contributed by atoms with Crippen LogP contribution in [0.3, 0.4) is 0 Å². The molecule has 42 heavy (non-hydrogen) atoms. The number of rotatable bonds is 8. The Kier molecular flexibility index (Phi) is 7.13. The first kappa shape index (κ1) is 28.1. The largest absolute Gasteiger partial charge is 0.358 e. The zero-order valence-corrected chi connectivity index (χ0v) is 24.7. The van der Waals surface area contributed by atoms with E-state index in [4.69, 9.17) is 14.7 Å². The Morgan fingerprint density at radius 2 is 1.98 bits per heavy atom. The van der Waals surface area contributed by atoms with Gasteiger partial charge in [-0.05, 0) is 44.7 Å². The van der Waals surface area contributed by atoms with Crippen LogP contribution in [0.4, 0.5) is 27.3 Å². The predicted molar refractivity (Wildman–Crippen MR) is 158 cm³/mol. The van der Waals surface area contributed by atoms with Gasteiger partial charge < -0.3 is 19.9 Å². The van der Waals surface area contributed by atoms with Crippen molar-refractivity contribution in [3.05, 3.63) is 42.6 Å². The highest BCUT2D eigenvalue weighted by molar-refractivity contribution is 7.92. The highest BCUT2D eigenvalue weighted by Crippen LogP contribution is 2.39. The number of fused-ring (bicyclic) bond motifs is 1. The molecule has 1 aliphatic carbocycles. The normalized spacial score (nSPS) is 20.5. The molecular formula is C28H33FN8O4S. The number of hydrogen-bond acceptors (Lipinski definition) is 8. The van der Waals surface area contributed by atoms with Crippen LogP contribution in [-0.2, 0) is 26.6 Å². The van der Waals surface area contributed by atoms with Gasteiger partial charge in [0, 0.05) is 32.3 Å². The zero-order chi connectivity index (χ0) is 29.8. The van der Waals surface area contributed by atoms with Gasteiger partial charge in [-0.2, -0.15) is 0 Å². The second kappa shape index (κ2) is 10.7. The number of alkyl halides is 1. The van der Waals surface area contributed by atoms with Crippen LogP contribution in [0.2, 0.25) is 0 Å². The summed E-state index contributed by atoms with van der Waals surface area (Å²) in [5.41, 5.74) is 4.00. The smallest absolute Gasteiger partial charge is 0.232 e. The van der Waals surface area contributed by atoms with Gasteiger partial charge in [-0.1, -0.05) is 6.07 Å². The summed E-state index contributed by atoms with van der Waals surface area (Å²) < 4.78 is 50.0. The zero-order valence-electron chi connectivity index (χ0n) is 23.8. The van der Waals surface area contributed by atoms with E-state index >= 15 is 0 Å². The van der Waals surface area contributed by atoms with E-state index in [1.54, 1.807) is 30.7 Å². The summed E-state index contributed by atoms with van der Waals surface area (Å²) in [6.45, 7) is 2.49. The number of imidazole rings is 2. The second-order valence-electron chi connectivity index (χ2n) is 10.9. The average molecular weight is 597 g/mol.